The molecule has 0 spiro atoms. The van der Waals surface area contributed by atoms with Crippen LogP contribution in [0.1, 0.15) is 33.4 Å². The van der Waals surface area contributed by atoms with Gasteiger partial charge in [-0.25, -0.2) is 14.6 Å². The average molecular weight is 361 g/mol. The van der Waals surface area contributed by atoms with Gasteiger partial charge in [-0.1, -0.05) is 26.8 Å². The lowest BCUT2D eigenvalue weighted by atomic mass is 9.92. The third kappa shape index (κ3) is 4.57. The zero-order valence-electron chi connectivity index (χ0n) is 15.1. The van der Waals surface area contributed by atoms with Gasteiger partial charge in [0.1, 0.15) is 5.82 Å². The Labute approximate surface area is 151 Å². The number of nitrogens with zero attached hydrogens (tertiary/aromatic N) is 3. The summed E-state index contributed by atoms with van der Waals surface area (Å²) in [4.78, 5) is 27.3. The normalized spacial score (nSPS) is 13.7. The number of rotatable bonds is 5. The third-order valence-corrected chi connectivity index (χ3v) is 3.64. The molecule has 0 aliphatic rings. The maximum atomic E-state index is 12.1. The van der Waals surface area contributed by atoms with E-state index in [1.165, 1.54) is 4.68 Å². The van der Waals surface area contributed by atoms with Gasteiger partial charge in [-0.05, 0) is 19.1 Å². The number of carbonyl (C=O) groups is 2. The highest BCUT2D eigenvalue weighted by atomic mass is 16.4. The van der Waals surface area contributed by atoms with Gasteiger partial charge in [0, 0.05) is 17.7 Å². The van der Waals surface area contributed by atoms with Crippen molar-refractivity contribution in [1.29, 1.82) is 0 Å². The Kier molecular flexibility index (Phi) is 5.31. The molecule has 0 saturated heterocycles. The monoisotopic (exact) mass is 361 g/mol. The lowest BCUT2D eigenvalue weighted by Gasteiger charge is -2.18. The quantitative estimate of drug-likeness (QED) is 0.639. The van der Waals surface area contributed by atoms with Crippen molar-refractivity contribution in [3.05, 3.63) is 36.2 Å². The van der Waals surface area contributed by atoms with Crippen LogP contribution in [0.5, 0.6) is 0 Å². The molecule has 0 fully saturated rings. The summed E-state index contributed by atoms with van der Waals surface area (Å²) >= 11 is 0. The summed E-state index contributed by atoms with van der Waals surface area (Å²) in [6, 6.07) is 6.38. The molecule has 140 valence electrons. The van der Waals surface area contributed by atoms with Crippen LogP contribution in [0.3, 0.4) is 0 Å². The minimum Gasteiger partial charge on any atom is -0.479 e. The Balaban J connectivity index is 2.24. The first-order valence-corrected chi connectivity index (χ1v) is 8.03. The summed E-state index contributed by atoms with van der Waals surface area (Å²) in [6.07, 6.45) is 1.61. The van der Waals surface area contributed by atoms with E-state index in [2.05, 4.69) is 20.7 Å². The van der Waals surface area contributed by atoms with Gasteiger partial charge in [-0.2, -0.15) is 9.78 Å². The number of amides is 2. The molecule has 4 N–H and O–H groups in total. The molecule has 0 aliphatic carbocycles. The highest BCUT2D eigenvalue weighted by molar-refractivity contribution is 5.89. The van der Waals surface area contributed by atoms with Crippen molar-refractivity contribution < 1.29 is 19.8 Å². The van der Waals surface area contributed by atoms with Crippen LogP contribution in [0.15, 0.2) is 30.5 Å². The predicted octanol–water partition coefficient (Wildman–Crippen LogP) is 1.52. The number of aliphatic carboxylic acids is 1. The number of carboxylic acids is 1. The molecule has 0 aliphatic heterocycles. The highest BCUT2D eigenvalue weighted by Gasteiger charge is 2.30. The van der Waals surface area contributed by atoms with Crippen LogP contribution in [-0.4, -0.2) is 49.1 Å². The fraction of sp³-hybridized carbons (Fsp3) is 0.412. The Morgan fingerprint density at radius 1 is 1.23 bits per heavy atom. The second-order valence-electron chi connectivity index (χ2n) is 7.15. The Bertz CT molecular complexity index is 793. The first kappa shape index (κ1) is 19.4. The van der Waals surface area contributed by atoms with Crippen LogP contribution < -0.4 is 10.6 Å². The summed E-state index contributed by atoms with van der Waals surface area (Å²) in [5.74, 6) is -0.525. The zero-order chi connectivity index (χ0) is 19.5. The van der Waals surface area contributed by atoms with Gasteiger partial charge in [0.05, 0.1) is 12.2 Å². The van der Waals surface area contributed by atoms with Crippen LogP contribution in [0.25, 0.3) is 5.82 Å². The van der Waals surface area contributed by atoms with Crippen molar-refractivity contribution in [3.8, 4) is 5.82 Å². The average Bonchev–Trinajstić information content (AvgIpc) is 2.98. The number of pyridine rings is 1. The van der Waals surface area contributed by atoms with Crippen molar-refractivity contribution >= 4 is 17.8 Å². The van der Waals surface area contributed by atoms with E-state index in [0.29, 0.717) is 11.6 Å². The fourth-order valence-electron chi connectivity index (χ4n) is 1.98. The lowest BCUT2D eigenvalue weighted by molar-refractivity contribution is -0.155. The van der Waals surface area contributed by atoms with Gasteiger partial charge in [0.15, 0.2) is 11.4 Å². The number of nitrogens with one attached hydrogen (secondary N) is 2. The Morgan fingerprint density at radius 3 is 2.46 bits per heavy atom. The molecule has 2 heterocycles. The molecule has 2 aromatic rings. The van der Waals surface area contributed by atoms with Gasteiger partial charge in [0.25, 0.3) is 0 Å². The molecule has 2 rings (SSSR count). The number of hydrogen-bond acceptors (Lipinski definition) is 5. The number of aliphatic hydroxyl groups is 1. The molecule has 26 heavy (non-hydrogen) atoms. The minimum absolute atomic E-state index is 0.250. The van der Waals surface area contributed by atoms with E-state index >= 15 is 0 Å². The molecule has 0 saturated carbocycles. The van der Waals surface area contributed by atoms with Crippen LogP contribution >= 0.6 is 0 Å². The molecule has 9 heteroatoms. The van der Waals surface area contributed by atoms with E-state index in [9.17, 15) is 14.7 Å². The van der Waals surface area contributed by atoms with E-state index in [1.54, 1.807) is 30.5 Å². The summed E-state index contributed by atoms with van der Waals surface area (Å²) < 4.78 is 1.50. The van der Waals surface area contributed by atoms with Crippen LogP contribution in [0.4, 0.5) is 10.6 Å². The molecule has 0 radical (unpaired) electrons. The predicted molar refractivity (Wildman–Crippen MR) is 95.3 cm³/mol. The largest absolute Gasteiger partial charge is 0.479 e. The molecular weight excluding hydrogens is 338 g/mol. The first-order chi connectivity index (χ1) is 12.0. The number of anilines is 1. The van der Waals surface area contributed by atoms with Gasteiger partial charge in [-0.15, -0.1) is 0 Å². The fourth-order valence-corrected chi connectivity index (χ4v) is 1.98. The van der Waals surface area contributed by atoms with Crippen molar-refractivity contribution in [2.75, 3.05) is 11.9 Å². The molecule has 9 nitrogen and oxygen atoms in total. The van der Waals surface area contributed by atoms with Crippen LogP contribution in [0, 0.1) is 0 Å². The van der Waals surface area contributed by atoms with E-state index in [-0.39, 0.29) is 5.41 Å². The standard InChI is InChI=1S/C17H23N5O4/c1-16(2,3)11-9-13(22(21-11)12-7-5-6-8-18-12)20-15(25)19-10-17(4,26)14(23)24/h5-9,26H,10H2,1-4H3,(H,23,24)(H2,19,20,25). The third-order valence-electron chi connectivity index (χ3n) is 3.64. The van der Waals surface area contributed by atoms with Gasteiger partial charge < -0.3 is 15.5 Å². The van der Waals surface area contributed by atoms with Crippen LogP contribution in [0.2, 0.25) is 0 Å². The Hall–Kier alpha value is -2.94. The van der Waals surface area contributed by atoms with Gasteiger partial charge in [0.2, 0.25) is 0 Å². The molecule has 1 unspecified atom stereocenters. The van der Waals surface area contributed by atoms with E-state index < -0.39 is 24.1 Å². The zero-order valence-corrected chi connectivity index (χ0v) is 15.1. The maximum absolute atomic E-state index is 12.1. The van der Waals surface area contributed by atoms with Crippen molar-refractivity contribution in [3.63, 3.8) is 0 Å². The molecule has 0 bridgehead atoms. The van der Waals surface area contributed by atoms with E-state index in [4.69, 9.17) is 5.11 Å². The van der Waals surface area contributed by atoms with Crippen molar-refractivity contribution in [2.45, 2.75) is 38.7 Å². The van der Waals surface area contributed by atoms with Crippen LogP contribution in [-0.2, 0) is 10.2 Å². The SMILES string of the molecule is CC(O)(CNC(=O)Nc1cc(C(C)(C)C)nn1-c1ccccn1)C(=O)O. The summed E-state index contributed by atoms with van der Waals surface area (Å²) in [7, 11) is 0. The summed E-state index contributed by atoms with van der Waals surface area (Å²) in [5, 5.41) is 28.0. The smallest absolute Gasteiger partial charge is 0.337 e. The van der Waals surface area contributed by atoms with Crippen molar-refractivity contribution in [2.24, 2.45) is 0 Å². The summed E-state index contributed by atoms with van der Waals surface area (Å²) in [5.41, 5.74) is -1.56. The topological polar surface area (TPSA) is 129 Å². The van der Waals surface area contributed by atoms with Gasteiger partial charge >= 0.3 is 12.0 Å². The number of aromatic nitrogens is 3. The molecule has 0 aromatic carbocycles. The highest BCUT2D eigenvalue weighted by Crippen LogP contribution is 2.25. The van der Waals surface area contributed by atoms with E-state index in [0.717, 1.165) is 12.6 Å². The van der Waals surface area contributed by atoms with E-state index in [1.807, 2.05) is 20.8 Å². The summed E-state index contributed by atoms with van der Waals surface area (Å²) in [6.45, 7) is 6.63. The molecule has 1 atom stereocenters. The Morgan fingerprint density at radius 2 is 1.92 bits per heavy atom. The lowest BCUT2D eigenvalue weighted by Crippen LogP contribution is -2.47. The first-order valence-electron chi connectivity index (χ1n) is 8.03. The number of hydrogen-bond donors (Lipinski definition) is 4. The second-order valence-corrected chi connectivity index (χ2v) is 7.15. The second kappa shape index (κ2) is 7.12. The maximum Gasteiger partial charge on any atom is 0.337 e. The van der Waals surface area contributed by atoms with Crippen molar-refractivity contribution in [1.82, 2.24) is 20.1 Å². The van der Waals surface area contributed by atoms with Gasteiger partial charge in [-0.3, -0.25) is 5.32 Å². The molecule has 2 aromatic heterocycles. The number of carboxylic acid groups (broad SMARTS) is 1. The molecular formula is C17H23N5O4. The molecule has 2 amide bonds. The minimum atomic E-state index is -2.06. The number of urea groups is 1. The number of carbonyl (C=O) groups excluding carboxylic acids is 1.